The van der Waals surface area contributed by atoms with Gasteiger partial charge < -0.3 is 9.72 Å². The number of halogens is 1. The highest BCUT2D eigenvalue weighted by molar-refractivity contribution is 6.31. The molecule has 0 saturated heterocycles. The van der Waals surface area contributed by atoms with E-state index in [0.29, 0.717) is 23.0 Å². The molecule has 2 aromatic heterocycles. The lowest BCUT2D eigenvalue weighted by Gasteiger charge is -2.08. The molecule has 0 aliphatic carbocycles. The van der Waals surface area contributed by atoms with Crippen LogP contribution >= 0.6 is 11.6 Å². The van der Waals surface area contributed by atoms with Crippen molar-refractivity contribution >= 4 is 34.3 Å². The van der Waals surface area contributed by atoms with Crippen LogP contribution in [-0.4, -0.2) is 19.7 Å². The molecule has 7 heteroatoms. The van der Waals surface area contributed by atoms with Crippen molar-refractivity contribution in [3.63, 3.8) is 0 Å². The van der Waals surface area contributed by atoms with Crippen molar-refractivity contribution in [3.05, 3.63) is 131 Å². The van der Waals surface area contributed by atoms with Crippen LogP contribution in [-0.2, 0) is 6.61 Å². The molecule has 6 rings (SSSR count). The van der Waals surface area contributed by atoms with Crippen molar-refractivity contribution in [1.82, 2.24) is 19.7 Å². The van der Waals surface area contributed by atoms with Crippen LogP contribution in [0.1, 0.15) is 17.0 Å². The van der Waals surface area contributed by atoms with Crippen molar-refractivity contribution in [2.24, 2.45) is 0 Å². The van der Waals surface area contributed by atoms with E-state index in [2.05, 4.69) is 16.0 Å². The second-order valence-corrected chi connectivity index (χ2v) is 9.30. The Hall–Kier alpha value is -5.12. The number of aromatic nitrogens is 4. The Morgan fingerprint density at radius 1 is 0.923 bits per heavy atom. The number of benzene rings is 4. The summed E-state index contributed by atoms with van der Waals surface area (Å²) in [6.45, 7) is 0.374. The predicted octanol–water partition coefficient (Wildman–Crippen LogP) is 7.71. The number of nitriles is 1. The Labute approximate surface area is 230 Å². The Balaban J connectivity index is 1.36. The molecule has 4 aromatic carbocycles. The van der Waals surface area contributed by atoms with Crippen molar-refractivity contribution in [1.29, 1.82) is 5.26 Å². The molecule has 0 radical (unpaired) electrons. The summed E-state index contributed by atoms with van der Waals surface area (Å²) in [4.78, 5) is 7.86. The number of fused-ring (bicyclic) bond motifs is 1. The van der Waals surface area contributed by atoms with E-state index in [4.69, 9.17) is 21.4 Å². The smallest absolute Gasteiger partial charge is 0.149 e. The van der Waals surface area contributed by atoms with Crippen LogP contribution in [0, 0.1) is 11.3 Å². The number of hydrogen-bond donors (Lipinski definition) is 1. The summed E-state index contributed by atoms with van der Waals surface area (Å²) in [5.74, 6) is 1.23. The van der Waals surface area contributed by atoms with Crippen molar-refractivity contribution in [2.75, 3.05) is 0 Å². The first kappa shape index (κ1) is 24.2. The summed E-state index contributed by atoms with van der Waals surface area (Å²) in [6.07, 6.45) is 3.74. The molecule has 0 unspecified atom stereocenters. The lowest BCUT2D eigenvalue weighted by molar-refractivity contribution is 0.306. The number of rotatable bonds is 7. The zero-order valence-electron chi connectivity index (χ0n) is 20.8. The molecule has 188 valence electrons. The quantitative estimate of drug-likeness (QED) is 0.216. The number of allylic oxidation sites excluding steroid dienone is 1. The van der Waals surface area contributed by atoms with Gasteiger partial charge in [0.1, 0.15) is 24.3 Å². The SMILES string of the molecule is N#C/C(=C/c1cn(-c2ccccc2)nc1-c1ccc(OCc2ccccc2Cl)cc1)c1nc2ccccc2[nH]1. The van der Waals surface area contributed by atoms with Gasteiger partial charge >= 0.3 is 0 Å². The summed E-state index contributed by atoms with van der Waals surface area (Å²) in [5, 5.41) is 15.6. The maximum Gasteiger partial charge on any atom is 0.149 e. The molecule has 0 bridgehead atoms. The third-order valence-corrected chi connectivity index (χ3v) is 6.68. The van der Waals surface area contributed by atoms with E-state index in [1.54, 1.807) is 0 Å². The third kappa shape index (κ3) is 5.17. The first-order valence-electron chi connectivity index (χ1n) is 12.4. The largest absolute Gasteiger partial charge is 0.489 e. The van der Waals surface area contributed by atoms with Crippen LogP contribution in [0.3, 0.4) is 0 Å². The number of ether oxygens (including phenoxy) is 1. The molecule has 0 atom stereocenters. The number of hydrogen-bond acceptors (Lipinski definition) is 4. The summed E-state index contributed by atoms with van der Waals surface area (Å²) < 4.78 is 7.78. The molecule has 0 aliphatic rings. The fraction of sp³-hybridized carbons (Fsp3) is 0.0312. The minimum Gasteiger partial charge on any atom is -0.489 e. The molecule has 39 heavy (non-hydrogen) atoms. The summed E-state index contributed by atoms with van der Waals surface area (Å²) in [7, 11) is 0. The van der Waals surface area contributed by atoms with Crippen LogP contribution in [0.2, 0.25) is 5.02 Å². The molecule has 2 heterocycles. The van der Waals surface area contributed by atoms with E-state index in [1.165, 1.54) is 0 Å². The van der Waals surface area contributed by atoms with Crippen molar-refractivity contribution < 1.29 is 4.74 Å². The third-order valence-electron chi connectivity index (χ3n) is 6.31. The van der Waals surface area contributed by atoms with Gasteiger partial charge in [-0.2, -0.15) is 10.4 Å². The van der Waals surface area contributed by atoms with Gasteiger partial charge in [-0.1, -0.05) is 60.1 Å². The highest BCUT2D eigenvalue weighted by Gasteiger charge is 2.15. The van der Waals surface area contributed by atoms with Gasteiger partial charge in [0.15, 0.2) is 0 Å². The molecule has 0 amide bonds. The number of H-pyrrole nitrogens is 1. The van der Waals surface area contributed by atoms with Crippen molar-refractivity contribution in [2.45, 2.75) is 6.61 Å². The highest BCUT2D eigenvalue weighted by Crippen LogP contribution is 2.29. The van der Waals surface area contributed by atoms with E-state index in [0.717, 1.165) is 44.9 Å². The van der Waals surface area contributed by atoms with E-state index >= 15 is 0 Å². The van der Waals surface area contributed by atoms with Crippen LogP contribution < -0.4 is 4.74 Å². The number of imidazole rings is 1. The standard InChI is InChI=1S/C32H22ClN5O/c33-28-11-5-4-8-23(28)21-39-27-16-14-22(15-17-27)31-25(20-38(37-31)26-9-2-1-3-10-26)18-24(19-34)32-35-29-12-6-7-13-30(29)36-32/h1-18,20H,21H2,(H,35,36)/b24-18-. The second kappa shape index (κ2) is 10.7. The molecule has 0 spiro atoms. The average Bonchev–Trinajstić information content (AvgIpc) is 3.61. The lowest BCUT2D eigenvalue weighted by Crippen LogP contribution is -1.96. The van der Waals surface area contributed by atoms with Crippen molar-refractivity contribution in [3.8, 4) is 28.8 Å². The lowest BCUT2D eigenvalue weighted by atomic mass is 10.1. The normalized spacial score (nSPS) is 11.4. The van der Waals surface area contributed by atoms with Gasteiger partial charge in [-0.25, -0.2) is 9.67 Å². The first-order valence-corrected chi connectivity index (χ1v) is 12.7. The van der Waals surface area contributed by atoms with Crippen LogP contribution in [0.25, 0.3) is 39.6 Å². The zero-order valence-corrected chi connectivity index (χ0v) is 21.5. The summed E-state index contributed by atoms with van der Waals surface area (Å²) in [5.41, 5.74) is 6.36. The monoisotopic (exact) mass is 527 g/mol. The van der Waals surface area contributed by atoms with E-state index in [-0.39, 0.29) is 0 Å². The molecule has 0 fully saturated rings. The van der Waals surface area contributed by atoms with Gasteiger partial charge in [-0.15, -0.1) is 0 Å². The molecular weight excluding hydrogens is 506 g/mol. The Morgan fingerprint density at radius 2 is 1.67 bits per heavy atom. The molecule has 6 nitrogen and oxygen atoms in total. The number of aromatic amines is 1. The number of nitrogens with zero attached hydrogens (tertiary/aromatic N) is 4. The predicted molar refractivity (Wildman–Crippen MR) is 154 cm³/mol. The van der Waals surface area contributed by atoms with Crippen LogP contribution in [0.5, 0.6) is 5.75 Å². The van der Waals surface area contributed by atoms with Gasteiger partial charge in [0, 0.05) is 27.9 Å². The minimum atomic E-state index is 0.374. The highest BCUT2D eigenvalue weighted by atomic mass is 35.5. The molecular formula is C32H22ClN5O. The minimum absolute atomic E-state index is 0.374. The topological polar surface area (TPSA) is 79.5 Å². The maximum absolute atomic E-state index is 10.0. The maximum atomic E-state index is 10.0. The van der Waals surface area contributed by atoms with Gasteiger partial charge in [0.05, 0.1) is 28.0 Å². The van der Waals surface area contributed by atoms with E-state index in [1.807, 2.05) is 120 Å². The number of nitrogens with one attached hydrogen (secondary N) is 1. The Morgan fingerprint density at radius 3 is 2.44 bits per heavy atom. The second-order valence-electron chi connectivity index (χ2n) is 8.89. The van der Waals surface area contributed by atoms with E-state index < -0.39 is 0 Å². The summed E-state index contributed by atoms with van der Waals surface area (Å²) in [6, 6.07) is 35.2. The zero-order chi connectivity index (χ0) is 26.6. The molecule has 6 aromatic rings. The average molecular weight is 528 g/mol. The fourth-order valence-corrected chi connectivity index (χ4v) is 4.50. The van der Waals surface area contributed by atoms with E-state index in [9.17, 15) is 5.26 Å². The van der Waals surface area contributed by atoms with Gasteiger partial charge in [-0.05, 0) is 60.7 Å². The fourth-order valence-electron chi connectivity index (χ4n) is 4.31. The van der Waals surface area contributed by atoms with Gasteiger partial charge in [0.2, 0.25) is 0 Å². The van der Waals surface area contributed by atoms with Crippen LogP contribution in [0.4, 0.5) is 0 Å². The number of para-hydroxylation sites is 3. The molecule has 0 saturated carbocycles. The summed E-state index contributed by atoms with van der Waals surface area (Å²) >= 11 is 6.26. The van der Waals surface area contributed by atoms with Gasteiger partial charge in [0.25, 0.3) is 0 Å². The van der Waals surface area contributed by atoms with Gasteiger partial charge in [-0.3, -0.25) is 0 Å². The first-order chi connectivity index (χ1) is 19.2. The molecule has 1 N–H and O–H groups in total. The molecule has 0 aliphatic heterocycles. The Kier molecular flexibility index (Phi) is 6.65. The Bertz CT molecular complexity index is 1800. The van der Waals surface area contributed by atoms with Crippen LogP contribution in [0.15, 0.2) is 109 Å².